The largest absolute Gasteiger partial charge is 0.353 e. The molecule has 12 aromatic rings. The van der Waals surface area contributed by atoms with Crippen molar-refractivity contribution in [1.82, 2.24) is 0 Å². The van der Waals surface area contributed by atoms with Crippen LogP contribution in [0.3, 0.4) is 0 Å². The lowest BCUT2D eigenvalue weighted by molar-refractivity contribution is 0.590. The topological polar surface area (TPSA) is 32.4 Å². The van der Waals surface area contributed by atoms with Gasteiger partial charge in [-0.15, -0.1) is 0 Å². The van der Waals surface area contributed by atoms with Gasteiger partial charge in [-0.25, -0.2) is 0 Å². The molecule has 5 aliphatic rings. The number of hydrogen-bond donors (Lipinski definition) is 0. The Morgan fingerprint density at radius 1 is 0.248 bits per heavy atom. The Bertz CT molecular complexity index is 5190. The van der Waals surface area contributed by atoms with Gasteiger partial charge in [0.15, 0.2) is 0 Å². The Morgan fingerprint density at radius 2 is 0.530 bits per heavy atom. The summed E-state index contributed by atoms with van der Waals surface area (Å²) in [4.78, 5) is 23.9. The van der Waals surface area contributed by atoms with Crippen molar-refractivity contribution in [2.24, 2.45) is 0 Å². The number of benzene rings is 12. The van der Waals surface area contributed by atoms with E-state index < -0.39 is 0 Å². The monoisotopic (exact) mass is 1560 g/mol. The first-order valence-electron chi connectivity index (χ1n) is 40.1. The number of anilines is 15. The molecular formula is C107H134N10. The van der Waals surface area contributed by atoms with E-state index in [9.17, 15) is 0 Å². The highest BCUT2D eigenvalue weighted by Crippen LogP contribution is 2.52. The van der Waals surface area contributed by atoms with Crippen LogP contribution in [0.25, 0.3) is 0 Å². The van der Waals surface area contributed by atoms with Crippen LogP contribution in [0.15, 0.2) is 322 Å². The number of rotatable bonds is 11. The van der Waals surface area contributed by atoms with Gasteiger partial charge in [0.2, 0.25) is 0 Å². The summed E-state index contributed by atoms with van der Waals surface area (Å²) in [7, 11) is 2.15. The molecule has 0 amide bonds. The second-order valence-electron chi connectivity index (χ2n) is 31.8. The van der Waals surface area contributed by atoms with Crippen LogP contribution in [0, 0.1) is 34.6 Å². The van der Waals surface area contributed by atoms with Gasteiger partial charge < -0.3 is 49.0 Å². The minimum atomic E-state index is 0. The number of fused-ring (bicyclic) bond motifs is 3. The molecule has 5 heterocycles. The molecule has 0 spiro atoms. The van der Waals surface area contributed by atoms with E-state index in [2.05, 4.69) is 490 Å². The van der Waals surface area contributed by atoms with Crippen molar-refractivity contribution in [3.05, 3.63) is 367 Å². The van der Waals surface area contributed by atoms with Gasteiger partial charge >= 0.3 is 0 Å². The molecule has 0 N–H and O–H groups in total. The minimum Gasteiger partial charge on any atom is -0.353 e. The molecule has 0 radical (unpaired) electrons. The van der Waals surface area contributed by atoms with Crippen molar-refractivity contribution in [3.8, 4) is 0 Å². The van der Waals surface area contributed by atoms with E-state index in [0.29, 0.717) is 24.2 Å². The Morgan fingerprint density at radius 3 is 0.906 bits per heavy atom. The lowest BCUT2D eigenvalue weighted by Gasteiger charge is -2.34. The summed E-state index contributed by atoms with van der Waals surface area (Å²) in [5, 5.41) is 0. The SMILES string of the molecule is C.C.C.C.C.Cc1ccccc1N1C=CN(c2c(C(C)C)cccc2C(C)C)C1C.Cc1ccccc1N1C=CN(c2ccccc2)C1C.Cc1ccccc1N1c2cc(C(C)(C)C)ccc2N(c2ccccc2)C1C.Cc1ccccc1N1c2ccccc2N(C)C1C.Cc1ccccc1N1c2ccccc2N(c2ccccc2)C1C. The highest BCUT2D eigenvalue weighted by molar-refractivity contribution is 5.91. The normalized spacial score (nSPS) is 16.5. The predicted octanol–water partition coefficient (Wildman–Crippen LogP) is 30.2. The molecule has 612 valence electrons. The van der Waals surface area contributed by atoms with Crippen LogP contribution in [0.5, 0.6) is 0 Å². The van der Waals surface area contributed by atoms with Crippen molar-refractivity contribution in [2.75, 3.05) is 56.0 Å². The fraction of sp³-hybridized carbons (Fsp3) is 0.290. The van der Waals surface area contributed by atoms with Crippen LogP contribution in [-0.2, 0) is 5.41 Å². The summed E-state index contributed by atoms with van der Waals surface area (Å²) < 4.78 is 0. The second kappa shape index (κ2) is 39.6. The van der Waals surface area contributed by atoms with E-state index in [4.69, 9.17) is 0 Å². The average molecular weight is 1560 g/mol. The molecule has 5 unspecified atom stereocenters. The van der Waals surface area contributed by atoms with E-state index in [1.807, 2.05) is 6.07 Å². The van der Waals surface area contributed by atoms with Crippen LogP contribution in [-0.4, -0.2) is 37.9 Å². The van der Waals surface area contributed by atoms with Gasteiger partial charge in [0, 0.05) is 83.0 Å². The maximum absolute atomic E-state index is 2.48. The standard InChI is InChI=1S/C25H28N2.C23H30N2.C21H20N2.C17H18N2.C16H18N2.5CH4/c1-18-11-9-10-14-22(18)27-19(2)26(21-12-7-6-8-13-21)23-16-15-20(17-24(23)27)25(3,4)5;1-16(2)20-11-9-12-21(17(3)4)23(20)25-15-14-24(19(25)6)22-13-8-7-10-18(22)5;1-16-10-6-7-13-19(16)23-17(2)22(18-11-4-3-5-12-18)20-14-8-9-15-21(20)23;1-14-8-6-7-11-17(14)19-13-12-18(15(19)2)16-9-4-3-5-10-16;1-12-8-4-5-9-14(12)18-13(2)17(3)15-10-6-7-11-16(15)18;;;;;/h6-17,19H,1-5H3;7-17,19H,1-6H3;3-15,17H,1-2H3;3-13,15H,1-2H3;4-11,13H,1-3H3;5*1H4. The van der Waals surface area contributed by atoms with Gasteiger partial charge in [0.05, 0.1) is 34.1 Å². The van der Waals surface area contributed by atoms with E-state index in [-0.39, 0.29) is 61.0 Å². The number of hydrogen-bond acceptors (Lipinski definition) is 10. The molecule has 0 saturated carbocycles. The van der Waals surface area contributed by atoms with Crippen molar-refractivity contribution < 1.29 is 0 Å². The minimum absolute atomic E-state index is 0. The first kappa shape index (κ1) is 90.7. The summed E-state index contributed by atoms with van der Waals surface area (Å²) in [5.41, 5.74) is 30.0. The van der Waals surface area contributed by atoms with Crippen molar-refractivity contribution in [3.63, 3.8) is 0 Å². The zero-order valence-electron chi connectivity index (χ0n) is 69.1. The maximum Gasteiger partial charge on any atom is 0.108 e. The zero-order chi connectivity index (χ0) is 79.1. The van der Waals surface area contributed by atoms with Gasteiger partial charge in [-0.3, -0.25) is 0 Å². The smallest absolute Gasteiger partial charge is 0.108 e. The van der Waals surface area contributed by atoms with Gasteiger partial charge in [-0.2, -0.15) is 0 Å². The molecule has 10 heteroatoms. The summed E-state index contributed by atoms with van der Waals surface area (Å²) >= 11 is 0. The summed E-state index contributed by atoms with van der Waals surface area (Å²) in [6.45, 7) is 38.1. The van der Waals surface area contributed by atoms with E-state index >= 15 is 0 Å². The molecule has 5 atom stereocenters. The molecule has 5 aliphatic heterocycles. The third kappa shape index (κ3) is 18.8. The molecule has 12 aromatic carbocycles. The fourth-order valence-corrected chi connectivity index (χ4v) is 16.5. The summed E-state index contributed by atoms with van der Waals surface area (Å²) in [5.74, 6) is 1.00. The molecular weight excluding hydrogens is 1430 g/mol. The first-order chi connectivity index (χ1) is 54.0. The predicted molar refractivity (Wildman–Crippen MR) is 516 cm³/mol. The molecule has 117 heavy (non-hydrogen) atoms. The highest BCUT2D eigenvalue weighted by Gasteiger charge is 2.39. The van der Waals surface area contributed by atoms with E-state index in [1.54, 1.807) is 0 Å². The fourth-order valence-electron chi connectivity index (χ4n) is 16.5. The van der Waals surface area contributed by atoms with Crippen LogP contribution in [0.1, 0.15) is 177 Å². The molecule has 0 aromatic heterocycles. The highest BCUT2D eigenvalue weighted by atomic mass is 15.4. The molecule has 10 nitrogen and oxygen atoms in total. The van der Waals surface area contributed by atoms with Crippen LogP contribution >= 0.6 is 0 Å². The van der Waals surface area contributed by atoms with Gasteiger partial charge in [0.1, 0.15) is 30.8 Å². The van der Waals surface area contributed by atoms with Crippen LogP contribution < -0.4 is 49.0 Å². The maximum atomic E-state index is 2.48. The first-order valence-corrected chi connectivity index (χ1v) is 40.1. The van der Waals surface area contributed by atoms with Crippen molar-refractivity contribution in [1.29, 1.82) is 0 Å². The second-order valence-corrected chi connectivity index (χ2v) is 31.8. The summed E-state index contributed by atoms with van der Waals surface area (Å²) in [6.07, 6.45) is 10.1. The van der Waals surface area contributed by atoms with E-state index in [1.165, 1.54) is 130 Å². The third-order valence-corrected chi connectivity index (χ3v) is 22.7. The zero-order valence-corrected chi connectivity index (χ0v) is 69.1. The Hall–Kier alpha value is -11.9. The average Bonchev–Trinajstić information content (AvgIpc) is 1.59. The van der Waals surface area contributed by atoms with Crippen LogP contribution in [0.2, 0.25) is 0 Å². The Labute approximate surface area is 706 Å². The molecule has 0 aliphatic carbocycles. The van der Waals surface area contributed by atoms with E-state index in [0.717, 1.165) is 0 Å². The lowest BCUT2D eigenvalue weighted by atomic mass is 9.86. The van der Waals surface area contributed by atoms with Crippen molar-refractivity contribution >= 4 is 85.3 Å². The summed E-state index contributed by atoms with van der Waals surface area (Å²) in [6, 6.07) is 106. The lowest BCUT2D eigenvalue weighted by Crippen LogP contribution is -2.37. The quantitative estimate of drug-likeness (QED) is 0.125. The van der Waals surface area contributed by atoms with Gasteiger partial charge in [-0.05, 0) is 234 Å². The molecule has 0 saturated heterocycles. The van der Waals surface area contributed by atoms with Gasteiger partial charge in [0.25, 0.3) is 0 Å². The Kier molecular flexibility index (Phi) is 30.7. The number of aryl methyl sites for hydroxylation is 5. The number of nitrogens with zero attached hydrogens (tertiary/aromatic N) is 10. The molecule has 0 fully saturated rings. The van der Waals surface area contributed by atoms with Crippen LogP contribution in [0.4, 0.5) is 85.3 Å². The molecule has 0 bridgehead atoms. The van der Waals surface area contributed by atoms with Gasteiger partial charge in [-0.1, -0.05) is 280 Å². The third-order valence-electron chi connectivity index (χ3n) is 22.7. The van der Waals surface area contributed by atoms with Crippen molar-refractivity contribution in [2.45, 2.75) is 203 Å². The Balaban J connectivity index is 0.000000182. The number of para-hydroxylation sites is 13. The molecule has 17 rings (SSSR count).